The molecule has 0 unspecified atom stereocenters. The Labute approximate surface area is 94.6 Å². The lowest BCUT2D eigenvalue weighted by Gasteiger charge is -2.08. The molecule has 0 aliphatic rings. The molecule has 0 spiro atoms. The van der Waals surface area contributed by atoms with Crippen LogP contribution < -0.4 is 10.5 Å². The highest BCUT2D eigenvalue weighted by Gasteiger charge is 2.02. The standard InChI is InChI=1S/C12H15N3O/c1-9-3-4-11(13)12(5-9)16-8-10-6-14-15(2)7-10/h3-7H,8,13H2,1-2H3. The van der Waals surface area contributed by atoms with E-state index in [0.29, 0.717) is 12.3 Å². The first-order valence-corrected chi connectivity index (χ1v) is 5.11. The summed E-state index contributed by atoms with van der Waals surface area (Å²) >= 11 is 0. The summed E-state index contributed by atoms with van der Waals surface area (Å²) in [6.07, 6.45) is 3.71. The number of hydrogen-bond acceptors (Lipinski definition) is 3. The molecule has 1 heterocycles. The van der Waals surface area contributed by atoms with E-state index < -0.39 is 0 Å². The van der Waals surface area contributed by atoms with E-state index in [4.69, 9.17) is 10.5 Å². The Morgan fingerprint density at radius 2 is 2.25 bits per heavy atom. The monoisotopic (exact) mass is 217 g/mol. The molecule has 2 aromatic rings. The predicted molar refractivity (Wildman–Crippen MR) is 63.1 cm³/mol. The fourth-order valence-corrected chi connectivity index (χ4v) is 1.47. The number of aromatic nitrogens is 2. The van der Waals surface area contributed by atoms with Gasteiger partial charge in [0.05, 0.1) is 11.9 Å². The SMILES string of the molecule is Cc1ccc(N)c(OCc2cnn(C)c2)c1. The third-order valence-corrected chi connectivity index (χ3v) is 2.32. The number of hydrogen-bond donors (Lipinski definition) is 1. The zero-order chi connectivity index (χ0) is 11.5. The predicted octanol–water partition coefficient (Wildman–Crippen LogP) is 1.89. The van der Waals surface area contributed by atoms with Gasteiger partial charge in [-0.15, -0.1) is 0 Å². The Morgan fingerprint density at radius 1 is 1.44 bits per heavy atom. The van der Waals surface area contributed by atoms with E-state index in [2.05, 4.69) is 5.10 Å². The van der Waals surface area contributed by atoms with Crippen LogP contribution in [-0.2, 0) is 13.7 Å². The first-order chi connectivity index (χ1) is 7.65. The Hall–Kier alpha value is -1.97. The van der Waals surface area contributed by atoms with Crippen LogP contribution in [0.5, 0.6) is 5.75 Å². The Balaban J connectivity index is 2.07. The number of benzene rings is 1. The normalized spacial score (nSPS) is 10.4. The second-order valence-corrected chi connectivity index (χ2v) is 3.85. The van der Waals surface area contributed by atoms with Gasteiger partial charge in [0, 0.05) is 18.8 Å². The van der Waals surface area contributed by atoms with Gasteiger partial charge < -0.3 is 10.5 Å². The van der Waals surface area contributed by atoms with Gasteiger partial charge in [0.15, 0.2) is 0 Å². The fraction of sp³-hybridized carbons (Fsp3) is 0.250. The van der Waals surface area contributed by atoms with Gasteiger partial charge in [-0.2, -0.15) is 5.10 Å². The number of anilines is 1. The minimum absolute atomic E-state index is 0.488. The summed E-state index contributed by atoms with van der Waals surface area (Å²) in [4.78, 5) is 0. The van der Waals surface area contributed by atoms with Gasteiger partial charge in [0.2, 0.25) is 0 Å². The van der Waals surface area contributed by atoms with E-state index in [1.807, 2.05) is 38.4 Å². The number of ether oxygens (including phenoxy) is 1. The Morgan fingerprint density at radius 3 is 2.94 bits per heavy atom. The lowest BCUT2D eigenvalue weighted by atomic mass is 10.2. The van der Waals surface area contributed by atoms with Crippen LogP contribution in [0, 0.1) is 6.92 Å². The number of aryl methyl sites for hydroxylation is 2. The maximum Gasteiger partial charge on any atom is 0.142 e. The molecule has 2 rings (SSSR count). The summed E-state index contributed by atoms with van der Waals surface area (Å²) in [5.41, 5.74) is 8.64. The van der Waals surface area contributed by atoms with Gasteiger partial charge >= 0.3 is 0 Å². The molecule has 4 heteroatoms. The Bertz CT molecular complexity index is 491. The quantitative estimate of drug-likeness (QED) is 0.799. The molecule has 0 saturated heterocycles. The van der Waals surface area contributed by atoms with Crippen molar-refractivity contribution in [1.82, 2.24) is 9.78 Å². The summed E-state index contributed by atoms with van der Waals surface area (Å²) in [7, 11) is 1.88. The van der Waals surface area contributed by atoms with E-state index in [0.717, 1.165) is 16.9 Å². The van der Waals surface area contributed by atoms with Gasteiger partial charge in [-0.3, -0.25) is 4.68 Å². The largest absolute Gasteiger partial charge is 0.487 e. The van der Waals surface area contributed by atoms with E-state index in [9.17, 15) is 0 Å². The first kappa shape index (κ1) is 10.5. The zero-order valence-electron chi connectivity index (χ0n) is 9.47. The molecule has 16 heavy (non-hydrogen) atoms. The molecule has 1 aromatic carbocycles. The summed E-state index contributed by atoms with van der Waals surface area (Å²) in [6.45, 7) is 2.50. The summed E-state index contributed by atoms with van der Waals surface area (Å²) in [5.74, 6) is 0.726. The van der Waals surface area contributed by atoms with Crippen molar-refractivity contribution in [3.8, 4) is 5.75 Å². The van der Waals surface area contributed by atoms with Crippen LogP contribution in [0.25, 0.3) is 0 Å². The van der Waals surface area contributed by atoms with Crippen LogP contribution in [-0.4, -0.2) is 9.78 Å². The molecule has 84 valence electrons. The van der Waals surface area contributed by atoms with Crippen molar-refractivity contribution in [1.29, 1.82) is 0 Å². The Kier molecular flexibility index (Phi) is 2.81. The average Bonchev–Trinajstić information content (AvgIpc) is 2.66. The lowest BCUT2D eigenvalue weighted by molar-refractivity contribution is 0.307. The maximum absolute atomic E-state index is 5.81. The van der Waals surface area contributed by atoms with Crippen LogP contribution in [0.1, 0.15) is 11.1 Å². The minimum atomic E-state index is 0.488. The van der Waals surface area contributed by atoms with Crippen LogP contribution in [0.3, 0.4) is 0 Å². The van der Waals surface area contributed by atoms with Crippen molar-refractivity contribution in [2.24, 2.45) is 7.05 Å². The van der Waals surface area contributed by atoms with Crippen LogP contribution in [0.15, 0.2) is 30.6 Å². The molecule has 0 aliphatic carbocycles. The smallest absolute Gasteiger partial charge is 0.142 e. The van der Waals surface area contributed by atoms with Gasteiger partial charge in [-0.05, 0) is 24.6 Å². The fourth-order valence-electron chi connectivity index (χ4n) is 1.47. The number of nitrogens with two attached hydrogens (primary N) is 1. The number of nitrogen functional groups attached to an aromatic ring is 1. The molecule has 4 nitrogen and oxygen atoms in total. The van der Waals surface area contributed by atoms with Crippen molar-refractivity contribution in [2.75, 3.05) is 5.73 Å². The summed E-state index contributed by atoms with van der Waals surface area (Å²) in [6, 6.07) is 5.76. The van der Waals surface area contributed by atoms with Gasteiger partial charge in [0.25, 0.3) is 0 Å². The van der Waals surface area contributed by atoms with Crippen molar-refractivity contribution < 1.29 is 4.74 Å². The average molecular weight is 217 g/mol. The van der Waals surface area contributed by atoms with Crippen LogP contribution in [0.4, 0.5) is 5.69 Å². The maximum atomic E-state index is 5.81. The van der Waals surface area contributed by atoms with Gasteiger partial charge in [-0.1, -0.05) is 6.07 Å². The highest BCUT2D eigenvalue weighted by molar-refractivity contribution is 5.53. The van der Waals surface area contributed by atoms with Crippen molar-refractivity contribution in [2.45, 2.75) is 13.5 Å². The minimum Gasteiger partial charge on any atom is -0.487 e. The van der Waals surface area contributed by atoms with E-state index >= 15 is 0 Å². The molecule has 0 saturated carbocycles. The molecular formula is C12H15N3O. The molecule has 0 amide bonds. The van der Waals surface area contributed by atoms with E-state index in [1.165, 1.54) is 0 Å². The molecule has 0 aliphatic heterocycles. The van der Waals surface area contributed by atoms with Crippen LogP contribution >= 0.6 is 0 Å². The zero-order valence-corrected chi connectivity index (χ0v) is 9.47. The van der Waals surface area contributed by atoms with Crippen molar-refractivity contribution in [3.63, 3.8) is 0 Å². The molecule has 0 radical (unpaired) electrons. The second kappa shape index (κ2) is 4.26. The summed E-state index contributed by atoms with van der Waals surface area (Å²) in [5, 5.41) is 4.07. The highest BCUT2D eigenvalue weighted by atomic mass is 16.5. The van der Waals surface area contributed by atoms with Crippen molar-refractivity contribution in [3.05, 3.63) is 41.7 Å². The molecule has 0 fully saturated rings. The topological polar surface area (TPSA) is 53.1 Å². The number of rotatable bonds is 3. The number of nitrogens with zero attached hydrogens (tertiary/aromatic N) is 2. The van der Waals surface area contributed by atoms with Crippen LogP contribution in [0.2, 0.25) is 0 Å². The molecule has 0 atom stereocenters. The van der Waals surface area contributed by atoms with E-state index in [1.54, 1.807) is 10.9 Å². The molecular weight excluding hydrogens is 202 g/mol. The third-order valence-electron chi connectivity index (χ3n) is 2.32. The lowest BCUT2D eigenvalue weighted by Crippen LogP contribution is -1.98. The van der Waals surface area contributed by atoms with Gasteiger partial charge in [-0.25, -0.2) is 0 Å². The van der Waals surface area contributed by atoms with E-state index in [-0.39, 0.29) is 0 Å². The third kappa shape index (κ3) is 2.34. The molecule has 2 N–H and O–H groups in total. The highest BCUT2D eigenvalue weighted by Crippen LogP contribution is 2.23. The first-order valence-electron chi connectivity index (χ1n) is 5.11. The summed E-state index contributed by atoms with van der Waals surface area (Å²) < 4.78 is 7.39. The second-order valence-electron chi connectivity index (χ2n) is 3.85. The molecule has 0 bridgehead atoms. The van der Waals surface area contributed by atoms with Crippen molar-refractivity contribution >= 4 is 5.69 Å². The van der Waals surface area contributed by atoms with Gasteiger partial charge in [0.1, 0.15) is 12.4 Å². The molecule has 1 aromatic heterocycles.